The summed E-state index contributed by atoms with van der Waals surface area (Å²) in [5.41, 5.74) is -0.505. The van der Waals surface area contributed by atoms with Crippen LogP contribution in [0.5, 0.6) is 5.75 Å². The summed E-state index contributed by atoms with van der Waals surface area (Å²) in [5, 5.41) is 0. The van der Waals surface area contributed by atoms with Crippen LogP contribution in [0.2, 0.25) is 0 Å². The van der Waals surface area contributed by atoms with Crippen molar-refractivity contribution in [2.75, 3.05) is 12.9 Å². The lowest BCUT2D eigenvalue weighted by Gasteiger charge is -2.19. The first-order valence-corrected chi connectivity index (χ1v) is 7.38. The molecule has 0 aliphatic carbocycles. The maximum absolute atomic E-state index is 12.0. The highest BCUT2D eigenvalue weighted by molar-refractivity contribution is 7.85. The van der Waals surface area contributed by atoms with E-state index in [9.17, 15) is 9.00 Å². The molecule has 0 radical (unpaired) electrons. The Bertz CT molecular complexity index is 463. The Morgan fingerprint density at radius 1 is 1.32 bits per heavy atom. The van der Waals surface area contributed by atoms with Crippen LogP contribution >= 0.6 is 0 Å². The fourth-order valence-electron chi connectivity index (χ4n) is 1.43. The third kappa shape index (κ3) is 5.87. The van der Waals surface area contributed by atoms with Gasteiger partial charge >= 0.3 is 5.97 Å². The predicted octanol–water partition coefficient (Wildman–Crippen LogP) is 2.53. The molecule has 0 fully saturated rings. The third-order valence-corrected chi connectivity index (χ3v) is 3.57. The molecule has 0 heterocycles. The lowest BCUT2D eigenvalue weighted by molar-refractivity contribution is -0.154. The Morgan fingerprint density at radius 2 is 2.00 bits per heavy atom. The molecule has 4 nitrogen and oxygen atoms in total. The van der Waals surface area contributed by atoms with Gasteiger partial charge in [0.2, 0.25) is 0 Å². The molecule has 0 aromatic heterocycles. The highest BCUT2D eigenvalue weighted by atomic mass is 32.2. The summed E-state index contributed by atoms with van der Waals surface area (Å²) in [7, 11) is 0.333. The van der Waals surface area contributed by atoms with E-state index in [1.165, 1.54) is 0 Å². The Balaban J connectivity index is 2.53. The molecule has 1 unspecified atom stereocenters. The number of hydrogen-bond acceptors (Lipinski definition) is 4. The summed E-state index contributed by atoms with van der Waals surface area (Å²) < 4.78 is 22.3. The molecule has 0 aliphatic rings. The molecular weight excluding hydrogens is 264 g/mol. The molecule has 1 atom stereocenters. The lowest BCUT2D eigenvalue weighted by Crippen LogP contribution is -2.24. The smallest absolute Gasteiger partial charge is 0.307 e. The second-order valence-corrected chi connectivity index (χ2v) is 6.64. The molecule has 1 aromatic rings. The maximum atomic E-state index is 12.0. The van der Waals surface area contributed by atoms with E-state index >= 15 is 0 Å². The van der Waals surface area contributed by atoms with Gasteiger partial charge < -0.3 is 9.47 Å². The topological polar surface area (TPSA) is 52.6 Å². The Hall–Kier alpha value is -1.36. The minimum Gasteiger partial charge on any atom is -0.497 e. The summed E-state index contributed by atoms with van der Waals surface area (Å²) in [4.78, 5) is 12.2. The molecule has 0 bridgehead atoms. The summed E-state index contributed by atoms with van der Waals surface area (Å²) in [6, 6.07) is 7.03. The molecule has 19 heavy (non-hydrogen) atoms. The van der Waals surface area contributed by atoms with Gasteiger partial charge in [0.25, 0.3) is 0 Å². The zero-order valence-corrected chi connectivity index (χ0v) is 12.6. The number of benzene rings is 1. The first kappa shape index (κ1) is 15.7. The van der Waals surface area contributed by atoms with Crippen molar-refractivity contribution in [1.29, 1.82) is 0 Å². The van der Waals surface area contributed by atoms with E-state index < -0.39 is 16.4 Å². The van der Waals surface area contributed by atoms with Crippen LogP contribution < -0.4 is 4.74 Å². The predicted molar refractivity (Wildman–Crippen MR) is 74.7 cm³/mol. The largest absolute Gasteiger partial charge is 0.497 e. The number of ether oxygens (including phenoxy) is 2. The number of carbonyl (C=O) groups is 1. The van der Waals surface area contributed by atoms with Crippen molar-refractivity contribution >= 4 is 16.8 Å². The van der Waals surface area contributed by atoms with Crippen molar-refractivity contribution < 1.29 is 18.5 Å². The molecule has 5 heteroatoms. The van der Waals surface area contributed by atoms with Gasteiger partial charge in [-0.15, -0.1) is 0 Å². The van der Waals surface area contributed by atoms with Gasteiger partial charge in [-0.2, -0.15) is 0 Å². The maximum Gasteiger partial charge on any atom is 0.307 e. The fourth-order valence-corrected chi connectivity index (χ4v) is 2.49. The first-order chi connectivity index (χ1) is 8.81. The van der Waals surface area contributed by atoms with E-state index in [0.29, 0.717) is 10.6 Å². The zero-order chi connectivity index (χ0) is 14.5. The van der Waals surface area contributed by atoms with Crippen LogP contribution in [0, 0.1) is 0 Å². The van der Waals surface area contributed by atoms with Gasteiger partial charge in [-0.05, 0) is 39.0 Å². The number of esters is 1. The minimum atomic E-state index is -1.23. The van der Waals surface area contributed by atoms with Crippen LogP contribution in [0.15, 0.2) is 29.2 Å². The van der Waals surface area contributed by atoms with Gasteiger partial charge in [-0.3, -0.25) is 9.00 Å². The number of hydrogen-bond donors (Lipinski definition) is 0. The molecule has 1 aromatic carbocycles. The fraction of sp³-hybridized carbons (Fsp3) is 0.500. The average Bonchev–Trinajstić information content (AvgIpc) is 2.34. The van der Waals surface area contributed by atoms with Crippen LogP contribution in [0.4, 0.5) is 0 Å². The molecule has 0 spiro atoms. The molecule has 0 saturated heterocycles. The number of methoxy groups -OCH3 is 1. The summed E-state index contributed by atoms with van der Waals surface area (Å²) in [6.45, 7) is 5.43. The van der Waals surface area contributed by atoms with Crippen molar-refractivity contribution in [2.24, 2.45) is 0 Å². The van der Waals surface area contributed by atoms with Crippen molar-refractivity contribution in [3.63, 3.8) is 0 Å². The molecular formula is C14H20O4S. The molecule has 0 N–H and O–H groups in total. The van der Waals surface area contributed by atoms with Gasteiger partial charge in [-0.1, -0.05) is 6.07 Å². The number of rotatable bonds is 5. The van der Waals surface area contributed by atoms with E-state index in [-0.39, 0.29) is 18.1 Å². The van der Waals surface area contributed by atoms with Crippen molar-refractivity contribution in [1.82, 2.24) is 0 Å². The van der Waals surface area contributed by atoms with Crippen LogP contribution in [0.3, 0.4) is 0 Å². The highest BCUT2D eigenvalue weighted by Crippen LogP contribution is 2.16. The highest BCUT2D eigenvalue weighted by Gasteiger charge is 2.17. The minimum absolute atomic E-state index is 0.140. The van der Waals surface area contributed by atoms with Crippen molar-refractivity contribution in [3.8, 4) is 5.75 Å². The van der Waals surface area contributed by atoms with Gasteiger partial charge in [0.15, 0.2) is 0 Å². The second-order valence-electron chi connectivity index (χ2n) is 5.07. The molecule has 0 amide bonds. The Morgan fingerprint density at radius 3 is 2.58 bits per heavy atom. The van der Waals surface area contributed by atoms with E-state index in [4.69, 9.17) is 9.47 Å². The van der Waals surface area contributed by atoms with Crippen LogP contribution in [-0.4, -0.2) is 28.6 Å². The summed E-state index contributed by atoms with van der Waals surface area (Å²) >= 11 is 0. The van der Waals surface area contributed by atoms with Gasteiger partial charge in [-0.25, -0.2) is 0 Å². The van der Waals surface area contributed by atoms with Crippen LogP contribution in [0.25, 0.3) is 0 Å². The quantitative estimate of drug-likeness (QED) is 0.780. The van der Waals surface area contributed by atoms with Gasteiger partial charge in [0.05, 0.1) is 24.3 Å². The van der Waals surface area contributed by atoms with E-state index in [1.54, 1.807) is 31.4 Å². The van der Waals surface area contributed by atoms with Crippen LogP contribution in [-0.2, 0) is 20.3 Å². The lowest BCUT2D eigenvalue weighted by atomic mass is 10.2. The monoisotopic (exact) mass is 284 g/mol. The molecule has 106 valence electrons. The van der Waals surface area contributed by atoms with E-state index in [2.05, 4.69) is 0 Å². The summed E-state index contributed by atoms with van der Waals surface area (Å²) in [6.07, 6.45) is 0.140. The van der Waals surface area contributed by atoms with Crippen LogP contribution in [0.1, 0.15) is 27.2 Å². The van der Waals surface area contributed by atoms with Crippen molar-refractivity contribution in [2.45, 2.75) is 37.7 Å². The summed E-state index contributed by atoms with van der Waals surface area (Å²) in [5.74, 6) is 0.578. The second kappa shape index (κ2) is 6.70. The first-order valence-electron chi connectivity index (χ1n) is 6.06. The van der Waals surface area contributed by atoms with Crippen molar-refractivity contribution in [3.05, 3.63) is 24.3 Å². The third-order valence-electron chi connectivity index (χ3n) is 2.22. The van der Waals surface area contributed by atoms with E-state index in [1.807, 2.05) is 20.8 Å². The molecule has 1 rings (SSSR count). The zero-order valence-electron chi connectivity index (χ0n) is 11.8. The Kier molecular flexibility index (Phi) is 5.54. The SMILES string of the molecule is COc1cccc(S(=O)CCC(=O)OC(C)(C)C)c1. The normalized spacial score (nSPS) is 12.8. The number of carbonyl (C=O) groups excluding carboxylic acids is 1. The van der Waals surface area contributed by atoms with Gasteiger partial charge in [0, 0.05) is 10.6 Å². The molecule has 0 saturated carbocycles. The standard InChI is InChI=1S/C14H20O4S/c1-14(2,3)18-13(15)8-9-19(16)12-7-5-6-11(10-12)17-4/h5-7,10H,8-9H2,1-4H3. The molecule has 0 aliphatic heterocycles. The van der Waals surface area contributed by atoms with Gasteiger partial charge in [0.1, 0.15) is 11.4 Å². The van der Waals surface area contributed by atoms with E-state index in [0.717, 1.165) is 0 Å². The average molecular weight is 284 g/mol. The Labute approximate surface area is 116 Å².